The highest BCUT2D eigenvalue weighted by Crippen LogP contribution is 2.23. The van der Waals surface area contributed by atoms with Crippen LogP contribution in [0.15, 0.2) is 18.3 Å². The SMILES string of the molecule is C=C(/C=c1/cc(C(=O)O)sc1=C)NC(=O)c1sc(NC(=O)OC(C)(C)C)nc1C. The van der Waals surface area contributed by atoms with Crippen LogP contribution in [-0.4, -0.2) is 33.7 Å². The van der Waals surface area contributed by atoms with E-state index in [1.807, 2.05) is 0 Å². The van der Waals surface area contributed by atoms with Gasteiger partial charge in [0.2, 0.25) is 0 Å². The number of amides is 2. The van der Waals surface area contributed by atoms with Crippen molar-refractivity contribution >= 4 is 58.4 Å². The molecular formula is C19H21N3O5S2. The molecule has 0 aliphatic heterocycles. The van der Waals surface area contributed by atoms with Gasteiger partial charge in [-0.2, -0.15) is 0 Å². The number of aromatic carboxylic acids is 1. The van der Waals surface area contributed by atoms with Crippen molar-refractivity contribution < 1.29 is 24.2 Å². The Kier molecular flexibility index (Phi) is 6.60. The largest absolute Gasteiger partial charge is 0.477 e. The van der Waals surface area contributed by atoms with Crippen molar-refractivity contribution in [1.29, 1.82) is 0 Å². The lowest BCUT2D eigenvalue weighted by Crippen LogP contribution is -2.27. The number of rotatable bonds is 5. The normalized spacial score (nSPS) is 11.8. The van der Waals surface area contributed by atoms with Crippen molar-refractivity contribution in [1.82, 2.24) is 10.3 Å². The lowest BCUT2D eigenvalue weighted by Gasteiger charge is -2.18. The van der Waals surface area contributed by atoms with Crippen LogP contribution in [0.2, 0.25) is 0 Å². The van der Waals surface area contributed by atoms with Crippen LogP contribution in [0, 0.1) is 6.92 Å². The number of thiazole rings is 1. The van der Waals surface area contributed by atoms with Crippen molar-refractivity contribution in [2.24, 2.45) is 0 Å². The average molecular weight is 436 g/mol. The van der Waals surface area contributed by atoms with E-state index in [1.54, 1.807) is 33.8 Å². The summed E-state index contributed by atoms with van der Waals surface area (Å²) in [7, 11) is 0. The van der Waals surface area contributed by atoms with Gasteiger partial charge in [0.05, 0.1) is 5.69 Å². The number of nitrogens with one attached hydrogen (secondary N) is 2. The minimum atomic E-state index is -1.04. The third-order valence-corrected chi connectivity index (χ3v) is 5.33. The zero-order chi connectivity index (χ0) is 21.9. The molecule has 8 nitrogen and oxygen atoms in total. The van der Waals surface area contributed by atoms with Crippen molar-refractivity contribution in [2.45, 2.75) is 33.3 Å². The number of anilines is 1. The number of hydrogen-bond acceptors (Lipinski definition) is 7. The summed E-state index contributed by atoms with van der Waals surface area (Å²) in [6, 6.07) is 1.47. The fourth-order valence-electron chi connectivity index (χ4n) is 2.15. The first kappa shape index (κ1) is 22.3. The van der Waals surface area contributed by atoms with Gasteiger partial charge in [-0.05, 0) is 45.1 Å². The lowest BCUT2D eigenvalue weighted by atomic mass is 10.2. The Morgan fingerprint density at radius 1 is 1.28 bits per heavy atom. The van der Waals surface area contributed by atoms with Gasteiger partial charge in [-0.15, -0.1) is 11.3 Å². The molecule has 0 spiro atoms. The van der Waals surface area contributed by atoms with Crippen molar-refractivity contribution in [3.8, 4) is 0 Å². The van der Waals surface area contributed by atoms with Crippen LogP contribution in [-0.2, 0) is 4.74 Å². The number of allylic oxidation sites excluding steroid dienone is 1. The standard InChI is InChI=1S/C19H21N3O5S2/c1-9(7-12-8-13(16(24)25)28-11(12)3)20-15(23)14-10(2)21-17(29-14)22-18(26)27-19(4,5)6/h7-8H,1,3H2,2,4-6H3,(H,20,23)(H,24,25)(H,21,22,26)/b12-7-. The van der Waals surface area contributed by atoms with Gasteiger partial charge in [0, 0.05) is 10.2 Å². The van der Waals surface area contributed by atoms with Crippen LogP contribution in [0.1, 0.15) is 45.8 Å². The molecular weight excluding hydrogens is 414 g/mol. The Balaban J connectivity index is 2.11. The summed E-state index contributed by atoms with van der Waals surface area (Å²) in [4.78, 5) is 40.0. The molecule has 0 aromatic carbocycles. The lowest BCUT2D eigenvalue weighted by molar-refractivity contribution is 0.0634. The van der Waals surface area contributed by atoms with E-state index in [2.05, 4.69) is 28.8 Å². The Morgan fingerprint density at radius 3 is 2.48 bits per heavy atom. The summed E-state index contributed by atoms with van der Waals surface area (Å²) in [6.45, 7) is 14.4. The van der Waals surface area contributed by atoms with Gasteiger partial charge in [-0.1, -0.05) is 24.5 Å². The zero-order valence-corrected chi connectivity index (χ0v) is 18.0. The van der Waals surface area contributed by atoms with E-state index < -0.39 is 23.6 Å². The summed E-state index contributed by atoms with van der Waals surface area (Å²) in [5, 5.41) is 15.0. The number of carbonyl (C=O) groups is 3. The molecule has 0 atom stereocenters. The molecule has 0 aliphatic carbocycles. The van der Waals surface area contributed by atoms with E-state index in [1.165, 1.54) is 6.07 Å². The molecule has 0 saturated carbocycles. The van der Waals surface area contributed by atoms with E-state index in [-0.39, 0.29) is 15.7 Å². The average Bonchev–Trinajstić information content (AvgIpc) is 3.08. The molecule has 0 bridgehead atoms. The van der Waals surface area contributed by atoms with E-state index in [0.29, 0.717) is 20.3 Å². The van der Waals surface area contributed by atoms with E-state index >= 15 is 0 Å². The monoisotopic (exact) mass is 435 g/mol. The highest BCUT2D eigenvalue weighted by molar-refractivity contribution is 7.17. The molecule has 0 aliphatic rings. The Hall–Kier alpha value is -2.98. The van der Waals surface area contributed by atoms with Crippen molar-refractivity contribution in [3.05, 3.63) is 43.5 Å². The van der Waals surface area contributed by atoms with Crippen LogP contribution in [0.3, 0.4) is 0 Å². The van der Waals surface area contributed by atoms with Crippen LogP contribution in [0.25, 0.3) is 12.7 Å². The van der Waals surface area contributed by atoms with Gasteiger partial charge in [0.1, 0.15) is 15.4 Å². The predicted octanol–water partition coefficient (Wildman–Crippen LogP) is 2.69. The highest BCUT2D eigenvalue weighted by Gasteiger charge is 2.20. The van der Waals surface area contributed by atoms with Crippen LogP contribution < -0.4 is 20.4 Å². The zero-order valence-electron chi connectivity index (χ0n) is 16.4. The summed E-state index contributed by atoms with van der Waals surface area (Å²) in [5.74, 6) is -1.49. The third kappa shape index (κ3) is 6.26. The number of carbonyl (C=O) groups excluding carboxylic acids is 2. The fourth-order valence-corrected chi connectivity index (χ4v) is 3.77. The molecule has 154 valence electrons. The number of aryl methyl sites for hydroxylation is 1. The fraction of sp³-hybridized carbons (Fsp3) is 0.263. The summed E-state index contributed by atoms with van der Waals surface area (Å²) >= 11 is 2.04. The third-order valence-electron chi connectivity index (χ3n) is 3.27. The summed E-state index contributed by atoms with van der Waals surface area (Å²) in [6.07, 6.45) is 0.880. The molecule has 0 unspecified atom stereocenters. The molecule has 3 N–H and O–H groups in total. The first-order valence-electron chi connectivity index (χ1n) is 8.37. The van der Waals surface area contributed by atoms with Gasteiger partial charge >= 0.3 is 12.1 Å². The number of carboxylic acid groups (broad SMARTS) is 1. The molecule has 2 aromatic heterocycles. The summed E-state index contributed by atoms with van der Waals surface area (Å²) < 4.78 is 5.71. The molecule has 2 rings (SSSR count). The Morgan fingerprint density at radius 2 is 1.93 bits per heavy atom. The maximum absolute atomic E-state index is 12.5. The maximum atomic E-state index is 12.5. The quantitative estimate of drug-likeness (QED) is 0.665. The number of aromatic nitrogens is 1. The molecule has 0 radical (unpaired) electrons. The second-order valence-corrected chi connectivity index (χ2v) is 9.11. The van der Waals surface area contributed by atoms with Gasteiger partial charge in [-0.3, -0.25) is 10.1 Å². The van der Waals surface area contributed by atoms with Crippen molar-refractivity contribution in [3.63, 3.8) is 0 Å². The second-order valence-electron chi connectivity index (χ2n) is 6.98. The van der Waals surface area contributed by atoms with Crippen LogP contribution in [0.5, 0.6) is 0 Å². The van der Waals surface area contributed by atoms with Gasteiger partial charge < -0.3 is 15.2 Å². The molecule has 2 heterocycles. The Labute approximate surface area is 175 Å². The predicted molar refractivity (Wildman–Crippen MR) is 114 cm³/mol. The molecule has 10 heteroatoms. The van der Waals surface area contributed by atoms with Gasteiger partial charge in [0.15, 0.2) is 5.13 Å². The highest BCUT2D eigenvalue weighted by atomic mass is 32.1. The van der Waals surface area contributed by atoms with Crippen molar-refractivity contribution in [2.75, 3.05) is 5.32 Å². The maximum Gasteiger partial charge on any atom is 0.413 e. The first-order chi connectivity index (χ1) is 13.4. The minimum Gasteiger partial charge on any atom is -0.477 e. The smallest absolute Gasteiger partial charge is 0.413 e. The Bertz CT molecular complexity index is 1090. The molecule has 0 saturated heterocycles. The second kappa shape index (κ2) is 8.58. The van der Waals surface area contributed by atoms with E-state index in [9.17, 15) is 14.4 Å². The molecule has 0 fully saturated rings. The minimum absolute atomic E-state index is 0.150. The molecule has 29 heavy (non-hydrogen) atoms. The number of thiophene rings is 1. The van der Waals surface area contributed by atoms with Crippen LogP contribution >= 0.6 is 22.7 Å². The first-order valence-corrected chi connectivity index (χ1v) is 10.0. The van der Waals surface area contributed by atoms with Gasteiger partial charge in [0.25, 0.3) is 5.91 Å². The van der Waals surface area contributed by atoms with E-state index in [4.69, 9.17) is 9.84 Å². The van der Waals surface area contributed by atoms with E-state index in [0.717, 1.165) is 22.7 Å². The molecule has 2 aromatic rings. The van der Waals surface area contributed by atoms with Gasteiger partial charge in [-0.25, -0.2) is 14.6 Å². The number of carboxylic acids is 1. The topological polar surface area (TPSA) is 118 Å². The number of ether oxygens (including phenoxy) is 1. The number of nitrogens with zero attached hydrogens (tertiary/aromatic N) is 1. The number of hydrogen-bond donors (Lipinski definition) is 3. The molecule has 2 amide bonds. The van der Waals surface area contributed by atoms with Crippen LogP contribution in [0.4, 0.5) is 9.93 Å². The summed E-state index contributed by atoms with van der Waals surface area (Å²) in [5.41, 5.74) is 0.0521.